The number of benzene rings is 1. The van der Waals surface area contributed by atoms with Crippen molar-refractivity contribution in [3.63, 3.8) is 0 Å². The molecule has 0 aliphatic carbocycles. The number of nitrogens with one attached hydrogen (secondary N) is 1. The molecular weight excluding hydrogens is 330 g/mol. The molecule has 0 bridgehead atoms. The van der Waals surface area contributed by atoms with Gasteiger partial charge in [-0.1, -0.05) is 30.3 Å². The molecule has 1 aromatic carbocycles. The van der Waals surface area contributed by atoms with Gasteiger partial charge in [0, 0.05) is 0 Å². The average Bonchev–Trinajstić information content (AvgIpc) is 2.85. The van der Waals surface area contributed by atoms with Crippen LogP contribution in [0.3, 0.4) is 0 Å². The smallest absolute Gasteiger partial charge is 0.308 e. The van der Waals surface area contributed by atoms with E-state index in [0.717, 1.165) is 5.56 Å². The second-order valence-corrected chi connectivity index (χ2v) is 8.83. The molecule has 1 aliphatic rings. The van der Waals surface area contributed by atoms with Crippen molar-refractivity contribution in [3.8, 4) is 0 Å². The number of rotatable bonds is 7. The van der Waals surface area contributed by atoms with Crippen LogP contribution in [0.2, 0.25) is 0 Å². The van der Waals surface area contributed by atoms with E-state index in [1.807, 2.05) is 51.1 Å². The lowest BCUT2D eigenvalue weighted by Crippen LogP contribution is -2.51. The van der Waals surface area contributed by atoms with E-state index in [9.17, 15) is 14.1 Å². The first-order valence-corrected chi connectivity index (χ1v) is 9.09. The fourth-order valence-electron chi connectivity index (χ4n) is 2.30. The molecule has 2 rings (SSSR count). The first kappa shape index (κ1) is 19.1. The summed E-state index contributed by atoms with van der Waals surface area (Å²) in [5.41, 5.74) is 1.01. The summed E-state index contributed by atoms with van der Waals surface area (Å²) >= 11 is 0. The van der Waals surface area contributed by atoms with Crippen LogP contribution >= 0.6 is 0 Å². The molecule has 0 saturated carbocycles. The first-order chi connectivity index (χ1) is 11.3. The minimum Gasteiger partial charge on any atom is -0.458 e. The Morgan fingerprint density at radius 3 is 2.58 bits per heavy atom. The molecule has 0 amide bonds. The zero-order valence-electron chi connectivity index (χ0n) is 14.2. The largest absolute Gasteiger partial charge is 0.458 e. The summed E-state index contributed by atoms with van der Waals surface area (Å²) in [6.45, 7) is 6.09. The summed E-state index contributed by atoms with van der Waals surface area (Å²) in [5.74, 6) is -0.455. The van der Waals surface area contributed by atoms with Gasteiger partial charge in [-0.15, -0.1) is 0 Å². The number of ether oxygens (including phenoxy) is 2. The molecule has 1 heterocycles. The first-order valence-electron chi connectivity index (χ1n) is 7.94. The Balaban J connectivity index is 1.99. The second kappa shape index (κ2) is 8.20. The standard InChI is InChI=1S/C17H25NO5S/c1-17(2,3)24(21)18-13(16-14(19)9-15(20)23-16)11-22-10-12-7-5-4-6-8-12/h4-8,13-14,16,18-19H,9-11H2,1-3H3/t13-,14-,16-,24+/m0/s1. The molecule has 7 heteroatoms. The van der Waals surface area contributed by atoms with Crippen molar-refractivity contribution < 1.29 is 23.6 Å². The molecule has 134 valence electrons. The highest BCUT2D eigenvalue weighted by atomic mass is 32.2. The maximum absolute atomic E-state index is 12.4. The van der Waals surface area contributed by atoms with Gasteiger partial charge in [0.1, 0.15) is 12.2 Å². The molecule has 24 heavy (non-hydrogen) atoms. The number of hydrogen-bond acceptors (Lipinski definition) is 5. The van der Waals surface area contributed by atoms with Crippen molar-refractivity contribution in [2.45, 2.75) is 56.8 Å². The van der Waals surface area contributed by atoms with Crippen molar-refractivity contribution in [2.75, 3.05) is 6.61 Å². The molecule has 0 aromatic heterocycles. The summed E-state index contributed by atoms with van der Waals surface area (Å²) in [5, 5.41) is 10.0. The Morgan fingerprint density at radius 1 is 1.38 bits per heavy atom. The quantitative estimate of drug-likeness (QED) is 0.720. The molecule has 0 radical (unpaired) electrons. The van der Waals surface area contributed by atoms with Gasteiger partial charge in [-0.3, -0.25) is 4.79 Å². The Bertz CT molecular complexity index is 572. The number of cyclic esters (lactones) is 1. The van der Waals surface area contributed by atoms with E-state index in [2.05, 4.69) is 4.72 Å². The predicted molar refractivity (Wildman–Crippen MR) is 91.4 cm³/mol. The van der Waals surface area contributed by atoms with Crippen LogP contribution in [0.25, 0.3) is 0 Å². The normalized spacial score (nSPS) is 23.8. The van der Waals surface area contributed by atoms with E-state index >= 15 is 0 Å². The zero-order valence-corrected chi connectivity index (χ0v) is 15.0. The third-order valence-electron chi connectivity index (χ3n) is 3.64. The minimum atomic E-state index is -1.37. The topological polar surface area (TPSA) is 84.9 Å². The van der Waals surface area contributed by atoms with E-state index in [-0.39, 0.29) is 13.0 Å². The monoisotopic (exact) mass is 355 g/mol. The zero-order chi connectivity index (χ0) is 17.7. The van der Waals surface area contributed by atoms with Gasteiger partial charge in [0.25, 0.3) is 0 Å². The van der Waals surface area contributed by atoms with Crippen LogP contribution in [0, 0.1) is 0 Å². The van der Waals surface area contributed by atoms with Crippen molar-refractivity contribution in [1.82, 2.24) is 4.72 Å². The molecule has 6 nitrogen and oxygen atoms in total. The Hall–Kier alpha value is -1.28. The van der Waals surface area contributed by atoms with Crippen LogP contribution in [-0.2, 0) is 31.9 Å². The van der Waals surface area contributed by atoms with Gasteiger partial charge >= 0.3 is 5.97 Å². The Kier molecular flexibility index (Phi) is 6.51. The fourth-order valence-corrected chi connectivity index (χ4v) is 3.13. The molecule has 0 spiro atoms. The highest BCUT2D eigenvalue weighted by Crippen LogP contribution is 2.20. The molecular formula is C17H25NO5S. The highest BCUT2D eigenvalue weighted by Gasteiger charge is 2.40. The van der Waals surface area contributed by atoms with Gasteiger partial charge in [-0.2, -0.15) is 0 Å². The van der Waals surface area contributed by atoms with Crippen molar-refractivity contribution in [1.29, 1.82) is 0 Å². The number of aliphatic hydroxyl groups is 1. The molecule has 1 aliphatic heterocycles. The van der Waals surface area contributed by atoms with Crippen molar-refractivity contribution >= 4 is 17.0 Å². The number of carbonyl (C=O) groups excluding carboxylic acids is 1. The lowest BCUT2D eigenvalue weighted by atomic mass is 10.1. The summed E-state index contributed by atoms with van der Waals surface area (Å²) in [6.07, 6.45) is -1.74. The minimum absolute atomic E-state index is 0.0519. The highest BCUT2D eigenvalue weighted by molar-refractivity contribution is 7.84. The van der Waals surface area contributed by atoms with Crippen LogP contribution < -0.4 is 4.72 Å². The molecule has 1 aromatic rings. The average molecular weight is 355 g/mol. The van der Waals surface area contributed by atoms with Gasteiger partial charge in [-0.05, 0) is 26.3 Å². The summed E-state index contributed by atoms with van der Waals surface area (Å²) in [6, 6.07) is 9.11. The molecule has 0 unspecified atom stereocenters. The Morgan fingerprint density at radius 2 is 2.04 bits per heavy atom. The van der Waals surface area contributed by atoms with Crippen LogP contribution in [0.5, 0.6) is 0 Å². The van der Waals surface area contributed by atoms with Gasteiger partial charge in [0.05, 0.1) is 41.4 Å². The molecule has 1 fully saturated rings. The van der Waals surface area contributed by atoms with Gasteiger partial charge in [0.2, 0.25) is 0 Å². The number of carbonyl (C=O) groups is 1. The van der Waals surface area contributed by atoms with Crippen molar-refractivity contribution in [2.24, 2.45) is 0 Å². The van der Waals surface area contributed by atoms with Crippen LogP contribution in [0.1, 0.15) is 32.8 Å². The molecule has 4 atom stereocenters. The third kappa shape index (κ3) is 5.37. The van der Waals surface area contributed by atoms with E-state index in [1.54, 1.807) is 0 Å². The van der Waals surface area contributed by atoms with Crippen LogP contribution in [-0.4, -0.2) is 44.9 Å². The van der Waals surface area contributed by atoms with E-state index in [1.165, 1.54) is 0 Å². The van der Waals surface area contributed by atoms with E-state index < -0.39 is 40.0 Å². The van der Waals surface area contributed by atoms with E-state index in [0.29, 0.717) is 6.61 Å². The number of esters is 1. The lowest BCUT2D eigenvalue weighted by Gasteiger charge is -2.28. The number of aliphatic hydroxyl groups excluding tert-OH is 1. The predicted octanol–water partition coefficient (Wildman–Crippen LogP) is 1.30. The molecule has 2 N–H and O–H groups in total. The maximum Gasteiger partial charge on any atom is 0.308 e. The lowest BCUT2D eigenvalue weighted by molar-refractivity contribution is -0.143. The van der Waals surface area contributed by atoms with Gasteiger partial charge < -0.3 is 14.6 Å². The summed E-state index contributed by atoms with van der Waals surface area (Å²) in [4.78, 5) is 11.4. The van der Waals surface area contributed by atoms with E-state index in [4.69, 9.17) is 9.47 Å². The third-order valence-corrected chi connectivity index (χ3v) is 5.27. The SMILES string of the molecule is CC(C)(C)[S@@](=O)N[C@@H](COCc1ccccc1)[C@@H]1OC(=O)C[C@@H]1O. The van der Waals surface area contributed by atoms with Gasteiger partial charge in [-0.25, -0.2) is 8.93 Å². The summed E-state index contributed by atoms with van der Waals surface area (Å²) < 4.78 is 25.7. The number of hydrogen-bond donors (Lipinski definition) is 2. The molecule has 1 saturated heterocycles. The van der Waals surface area contributed by atoms with Crippen LogP contribution in [0.15, 0.2) is 30.3 Å². The summed E-state index contributed by atoms with van der Waals surface area (Å²) in [7, 11) is -1.37. The van der Waals surface area contributed by atoms with Crippen molar-refractivity contribution in [3.05, 3.63) is 35.9 Å². The maximum atomic E-state index is 12.4. The fraction of sp³-hybridized carbons (Fsp3) is 0.588. The Labute approximate surface area is 145 Å². The van der Waals surface area contributed by atoms with Crippen LogP contribution in [0.4, 0.5) is 0 Å². The van der Waals surface area contributed by atoms with Gasteiger partial charge in [0.15, 0.2) is 0 Å². The second-order valence-electron chi connectivity index (χ2n) is 6.83.